The van der Waals surface area contributed by atoms with Crippen molar-refractivity contribution in [2.45, 2.75) is 31.7 Å². The SMILES string of the molecule is O=C1CN(C2CCCC2)c2cccc(C(=O)O)c2N1. The largest absolute Gasteiger partial charge is 0.478 e. The minimum atomic E-state index is -1.01. The van der Waals surface area contributed by atoms with Crippen LogP contribution in [0.1, 0.15) is 36.0 Å². The predicted molar refractivity (Wildman–Crippen MR) is 71.6 cm³/mol. The molecule has 0 atom stereocenters. The van der Waals surface area contributed by atoms with Gasteiger partial charge >= 0.3 is 5.97 Å². The van der Waals surface area contributed by atoms with Gasteiger partial charge in [-0.2, -0.15) is 0 Å². The number of nitrogens with zero attached hydrogens (tertiary/aromatic N) is 1. The minimum absolute atomic E-state index is 0.131. The van der Waals surface area contributed by atoms with E-state index < -0.39 is 5.97 Å². The molecule has 0 spiro atoms. The second-order valence-corrected chi connectivity index (χ2v) is 5.12. The van der Waals surface area contributed by atoms with Crippen molar-refractivity contribution in [3.05, 3.63) is 23.8 Å². The van der Waals surface area contributed by atoms with Crippen LogP contribution in [0.25, 0.3) is 0 Å². The first kappa shape index (κ1) is 12.0. The van der Waals surface area contributed by atoms with Gasteiger partial charge in [0.2, 0.25) is 5.91 Å². The zero-order valence-electron chi connectivity index (χ0n) is 10.6. The molecule has 0 saturated heterocycles. The summed E-state index contributed by atoms with van der Waals surface area (Å²) < 4.78 is 0. The number of fused-ring (bicyclic) bond motifs is 1. The maximum Gasteiger partial charge on any atom is 0.337 e. The lowest BCUT2D eigenvalue weighted by atomic mass is 10.1. The molecule has 0 radical (unpaired) electrons. The first-order valence-electron chi connectivity index (χ1n) is 6.59. The molecule has 2 aliphatic rings. The van der Waals surface area contributed by atoms with Crippen molar-refractivity contribution in [2.75, 3.05) is 16.8 Å². The maximum absolute atomic E-state index is 11.8. The topological polar surface area (TPSA) is 69.6 Å². The molecule has 2 N–H and O–H groups in total. The number of carbonyl (C=O) groups is 2. The quantitative estimate of drug-likeness (QED) is 0.854. The summed E-state index contributed by atoms with van der Waals surface area (Å²) in [5, 5.41) is 11.9. The van der Waals surface area contributed by atoms with Crippen LogP contribution in [0.15, 0.2) is 18.2 Å². The van der Waals surface area contributed by atoms with E-state index in [4.69, 9.17) is 0 Å². The number of amides is 1. The predicted octanol–water partition coefficient (Wildman–Crippen LogP) is 2.09. The summed E-state index contributed by atoms with van der Waals surface area (Å²) >= 11 is 0. The van der Waals surface area contributed by atoms with Crippen LogP contribution in [0.4, 0.5) is 11.4 Å². The summed E-state index contributed by atoms with van der Waals surface area (Å²) in [5.74, 6) is -1.14. The first-order valence-corrected chi connectivity index (χ1v) is 6.59. The Bertz CT molecular complexity index is 535. The molecule has 1 saturated carbocycles. The molecule has 5 nitrogen and oxygen atoms in total. The lowest BCUT2D eigenvalue weighted by Gasteiger charge is -2.36. The third-order valence-corrected chi connectivity index (χ3v) is 3.93. The van der Waals surface area contributed by atoms with Gasteiger partial charge in [-0.3, -0.25) is 4.79 Å². The summed E-state index contributed by atoms with van der Waals surface area (Å²) in [4.78, 5) is 25.1. The molecule has 1 aliphatic heterocycles. The van der Waals surface area contributed by atoms with Gasteiger partial charge < -0.3 is 15.3 Å². The van der Waals surface area contributed by atoms with E-state index in [1.54, 1.807) is 6.07 Å². The molecule has 1 aliphatic carbocycles. The molecule has 5 heteroatoms. The number of carbonyl (C=O) groups excluding carboxylic acids is 1. The number of hydrogen-bond donors (Lipinski definition) is 2. The van der Waals surface area contributed by atoms with Crippen molar-refractivity contribution in [3.8, 4) is 0 Å². The van der Waals surface area contributed by atoms with Crippen molar-refractivity contribution in [2.24, 2.45) is 0 Å². The Kier molecular flexibility index (Phi) is 2.89. The number of para-hydroxylation sites is 1. The average molecular weight is 260 g/mol. The molecule has 19 heavy (non-hydrogen) atoms. The number of hydrogen-bond acceptors (Lipinski definition) is 3. The lowest BCUT2D eigenvalue weighted by Crippen LogP contribution is -2.44. The zero-order valence-corrected chi connectivity index (χ0v) is 10.6. The smallest absolute Gasteiger partial charge is 0.337 e. The maximum atomic E-state index is 11.8. The highest BCUT2D eigenvalue weighted by Gasteiger charge is 2.31. The van der Waals surface area contributed by atoms with Gasteiger partial charge in [0.15, 0.2) is 0 Å². The summed E-state index contributed by atoms with van der Waals surface area (Å²) in [6, 6.07) is 5.51. The van der Waals surface area contributed by atoms with Crippen LogP contribution < -0.4 is 10.2 Å². The highest BCUT2D eigenvalue weighted by atomic mass is 16.4. The number of rotatable bonds is 2. The molecule has 0 aromatic heterocycles. The Balaban J connectivity index is 2.05. The molecule has 1 heterocycles. The number of benzene rings is 1. The van der Waals surface area contributed by atoms with Gasteiger partial charge in [0.05, 0.1) is 23.5 Å². The van der Waals surface area contributed by atoms with Crippen LogP contribution in [-0.2, 0) is 4.79 Å². The number of anilines is 2. The van der Waals surface area contributed by atoms with E-state index >= 15 is 0 Å². The monoisotopic (exact) mass is 260 g/mol. The molecule has 0 bridgehead atoms. The second kappa shape index (κ2) is 4.57. The van der Waals surface area contributed by atoms with Gasteiger partial charge in [-0.15, -0.1) is 0 Å². The summed E-state index contributed by atoms with van der Waals surface area (Å²) in [6.45, 7) is 0.320. The van der Waals surface area contributed by atoms with E-state index in [0.717, 1.165) is 18.5 Å². The fourth-order valence-electron chi connectivity index (χ4n) is 3.05. The van der Waals surface area contributed by atoms with Crippen LogP contribution in [0.3, 0.4) is 0 Å². The standard InChI is InChI=1S/C14H16N2O3/c17-12-8-16(9-4-1-2-5-9)11-7-3-6-10(14(18)19)13(11)15-12/h3,6-7,9H,1-2,4-5,8H2,(H,15,17)(H,18,19). The second-order valence-electron chi connectivity index (χ2n) is 5.12. The van der Waals surface area contributed by atoms with E-state index in [1.807, 2.05) is 6.07 Å². The summed E-state index contributed by atoms with van der Waals surface area (Å²) in [7, 11) is 0. The van der Waals surface area contributed by atoms with E-state index in [1.165, 1.54) is 18.9 Å². The van der Waals surface area contributed by atoms with Gasteiger partial charge in [-0.05, 0) is 25.0 Å². The van der Waals surface area contributed by atoms with Crippen LogP contribution in [0.2, 0.25) is 0 Å². The molecular formula is C14H16N2O3. The van der Waals surface area contributed by atoms with Crippen molar-refractivity contribution >= 4 is 23.3 Å². The fourth-order valence-corrected chi connectivity index (χ4v) is 3.05. The van der Waals surface area contributed by atoms with Gasteiger partial charge in [0.25, 0.3) is 0 Å². The van der Waals surface area contributed by atoms with Crippen LogP contribution in [0, 0.1) is 0 Å². The Morgan fingerprint density at radius 1 is 1.32 bits per heavy atom. The normalized spacial score (nSPS) is 19.2. The summed E-state index contributed by atoms with van der Waals surface area (Å²) in [5.41, 5.74) is 1.44. The van der Waals surface area contributed by atoms with E-state index in [-0.39, 0.29) is 11.5 Å². The van der Waals surface area contributed by atoms with Gasteiger partial charge in [0.1, 0.15) is 0 Å². The molecule has 1 amide bonds. The van der Waals surface area contributed by atoms with Crippen LogP contribution in [0.5, 0.6) is 0 Å². The van der Waals surface area contributed by atoms with Crippen LogP contribution in [-0.4, -0.2) is 29.6 Å². The lowest BCUT2D eigenvalue weighted by molar-refractivity contribution is -0.115. The fraction of sp³-hybridized carbons (Fsp3) is 0.429. The highest BCUT2D eigenvalue weighted by Crippen LogP contribution is 2.37. The number of aromatic carboxylic acids is 1. The van der Waals surface area contributed by atoms with Crippen LogP contribution >= 0.6 is 0 Å². The molecule has 1 aromatic carbocycles. The average Bonchev–Trinajstić information content (AvgIpc) is 2.90. The Morgan fingerprint density at radius 2 is 2.05 bits per heavy atom. The minimum Gasteiger partial charge on any atom is -0.478 e. The summed E-state index contributed by atoms with van der Waals surface area (Å²) in [6.07, 6.45) is 4.50. The zero-order chi connectivity index (χ0) is 13.4. The molecule has 0 unspecified atom stereocenters. The molecular weight excluding hydrogens is 244 g/mol. The van der Waals surface area contributed by atoms with Crippen molar-refractivity contribution in [1.29, 1.82) is 0 Å². The number of nitrogens with one attached hydrogen (secondary N) is 1. The Hall–Kier alpha value is -2.04. The van der Waals surface area contributed by atoms with E-state index in [0.29, 0.717) is 18.3 Å². The van der Waals surface area contributed by atoms with Gasteiger partial charge in [-0.1, -0.05) is 18.9 Å². The molecule has 1 fully saturated rings. The van der Waals surface area contributed by atoms with Crippen molar-refractivity contribution in [3.63, 3.8) is 0 Å². The molecule has 1 aromatic rings. The molecule has 100 valence electrons. The first-order chi connectivity index (χ1) is 9.16. The Morgan fingerprint density at radius 3 is 2.74 bits per heavy atom. The van der Waals surface area contributed by atoms with Crippen molar-refractivity contribution in [1.82, 2.24) is 0 Å². The number of carboxylic acids is 1. The van der Waals surface area contributed by atoms with E-state index in [2.05, 4.69) is 10.2 Å². The third kappa shape index (κ3) is 2.05. The van der Waals surface area contributed by atoms with Crippen molar-refractivity contribution < 1.29 is 14.7 Å². The van der Waals surface area contributed by atoms with E-state index in [9.17, 15) is 14.7 Å². The number of carboxylic acid groups (broad SMARTS) is 1. The van der Waals surface area contributed by atoms with Gasteiger partial charge in [0, 0.05) is 6.04 Å². The third-order valence-electron chi connectivity index (χ3n) is 3.93. The Labute approximate surface area is 111 Å². The molecule has 3 rings (SSSR count). The highest BCUT2D eigenvalue weighted by molar-refractivity contribution is 6.08. The van der Waals surface area contributed by atoms with Gasteiger partial charge in [-0.25, -0.2) is 4.79 Å².